The molecule has 174 valence electrons. The summed E-state index contributed by atoms with van der Waals surface area (Å²) in [7, 11) is 1.51. The second-order valence-electron chi connectivity index (χ2n) is 9.19. The number of nitrogens with zero attached hydrogens (tertiary/aromatic N) is 2. The number of methoxy groups -OCH3 is 1. The van der Waals surface area contributed by atoms with Gasteiger partial charge in [0.2, 0.25) is 0 Å². The molecule has 2 aliphatic heterocycles. The van der Waals surface area contributed by atoms with Gasteiger partial charge in [0.05, 0.1) is 31.4 Å². The number of carbonyl (C=O) groups excluding carboxylic acids is 1. The largest absolute Gasteiger partial charge is 0.469 e. The van der Waals surface area contributed by atoms with Crippen molar-refractivity contribution in [2.75, 3.05) is 26.8 Å². The molecule has 1 saturated heterocycles. The van der Waals surface area contributed by atoms with Gasteiger partial charge in [-0.1, -0.05) is 61.5 Å². The smallest absolute Gasteiger partial charge is 0.310 e. The second kappa shape index (κ2) is 9.53. The summed E-state index contributed by atoms with van der Waals surface area (Å²) in [4.78, 5) is 18.0. The van der Waals surface area contributed by atoms with Gasteiger partial charge in [0.1, 0.15) is 0 Å². The fourth-order valence-corrected chi connectivity index (χ4v) is 7.18. The van der Waals surface area contributed by atoms with Crippen molar-refractivity contribution >= 4 is 28.6 Å². The molecular weight excluding hydrogens is 432 g/mol. The minimum Gasteiger partial charge on any atom is -0.469 e. The Labute approximate surface area is 199 Å². The summed E-state index contributed by atoms with van der Waals surface area (Å²) in [6.45, 7) is 4.54. The van der Waals surface area contributed by atoms with E-state index in [4.69, 9.17) is 4.74 Å². The normalized spacial score (nSPS) is 24.9. The fourth-order valence-electron chi connectivity index (χ4n) is 6.01. The minimum absolute atomic E-state index is 0.101. The van der Waals surface area contributed by atoms with Crippen molar-refractivity contribution in [3.05, 3.63) is 60.3 Å². The number of hydrogen-bond donors (Lipinski definition) is 1. The first-order chi connectivity index (χ1) is 16.2. The van der Waals surface area contributed by atoms with E-state index in [9.17, 15) is 9.90 Å². The first kappa shape index (κ1) is 22.5. The number of ether oxygens (including phenoxy) is 1. The van der Waals surface area contributed by atoms with E-state index in [0.29, 0.717) is 19.0 Å². The van der Waals surface area contributed by atoms with Crippen molar-refractivity contribution in [1.29, 1.82) is 0 Å². The van der Waals surface area contributed by atoms with Crippen LogP contribution in [0.5, 0.6) is 0 Å². The second-order valence-corrected chi connectivity index (χ2v) is 10.3. The highest BCUT2D eigenvalue weighted by Gasteiger charge is 2.46. The van der Waals surface area contributed by atoms with Crippen LogP contribution in [0.25, 0.3) is 10.9 Å². The number of likely N-dealkylation sites (tertiary alicyclic amines) is 1. The lowest BCUT2D eigenvalue weighted by molar-refractivity contribution is -0.150. The SMILES string of the molecule is CC[C@@H]1CN(CCO)[C@H]2C[C@@H]1[C@H](C(=O)OC)Cn1c2c(Sc2ccccc2)c2ccccc21. The van der Waals surface area contributed by atoms with E-state index >= 15 is 0 Å². The first-order valence-electron chi connectivity index (χ1n) is 11.9. The van der Waals surface area contributed by atoms with Gasteiger partial charge in [0, 0.05) is 40.3 Å². The van der Waals surface area contributed by atoms with Crippen molar-refractivity contribution in [3.63, 3.8) is 0 Å². The number of aliphatic hydroxyl groups is 1. The van der Waals surface area contributed by atoms with Crippen LogP contribution in [-0.4, -0.2) is 47.3 Å². The third-order valence-corrected chi connectivity index (χ3v) is 8.71. The van der Waals surface area contributed by atoms with Crippen LogP contribution < -0.4 is 0 Å². The topological polar surface area (TPSA) is 54.7 Å². The predicted octanol–water partition coefficient (Wildman–Crippen LogP) is 4.98. The molecule has 3 heterocycles. The lowest BCUT2D eigenvalue weighted by atomic mass is 9.73. The van der Waals surface area contributed by atoms with Crippen LogP contribution in [0.1, 0.15) is 31.5 Å². The number of aliphatic hydroxyl groups excluding tert-OH is 1. The van der Waals surface area contributed by atoms with Crippen LogP contribution in [0.3, 0.4) is 0 Å². The third-order valence-electron chi connectivity index (χ3n) is 7.56. The number of β-amino-alcohol motifs (C(OH)–C–C–N with tert-alkyl or cyclic N) is 1. The third kappa shape index (κ3) is 3.98. The van der Waals surface area contributed by atoms with E-state index in [1.54, 1.807) is 0 Å². The fraction of sp³-hybridized carbons (Fsp3) is 0.444. The first-order valence-corrected chi connectivity index (χ1v) is 12.7. The van der Waals surface area contributed by atoms with Crippen LogP contribution in [-0.2, 0) is 16.1 Å². The molecule has 2 aliphatic rings. The average molecular weight is 465 g/mol. The Kier molecular flexibility index (Phi) is 6.50. The van der Waals surface area contributed by atoms with Gasteiger partial charge in [-0.25, -0.2) is 0 Å². The molecule has 6 heteroatoms. The van der Waals surface area contributed by atoms with E-state index in [1.165, 1.54) is 33.5 Å². The number of benzene rings is 2. The van der Waals surface area contributed by atoms with Crippen molar-refractivity contribution in [2.24, 2.45) is 17.8 Å². The van der Waals surface area contributed by atoms with E-state index < -0.39 is 0 Å². The van der Waals surface area contributed by atoms with Gasteiger partial charge < -0.3 is 14.4 Å². The summed E-state index contributed by atoms with van der Waals surface area (Å²) in [5.74, 6) is 0.426. The van der Waals surface area contributed by atoms with Crippen molar-refractivity contribution in [3.8, 4) is 0 Å². The quantitative estimate of drug-likeness (QED) is 0.522. The van der Waals surface area contributed by atoms with E-state index in [2.05, 4.69) is 64.9 Å². The molecule has 5 nitrogen and oxygen atoms in total. The Morgan fingerprint density at radius 2 is 1.88 bits per heavy atom. The summed E-state index contributed by atoms with van der Waals surface area (Å²) in [5.41, 5.74) is 2.45. The molecule has 2 aromatic carbocycles. The van der Waals surface area contributed by atoms with Crippen molar-refractivity contribution < 1.29 is 14.6 Å². The predicted molar refractivity (Wildman–Crippen MR) is 131 cm³/mol. The monoisotopic (exact) mass is 464 g/mol. The van der Waals surface area contributed by atoms with E-state index in [0.717, 1.165) is 19.4 Å². The molecule has 3 aromatic rings. The number of para-hydroxylation sites is 1. The molecule has 0 radical (unpaired) electrons. The molecule has 0 aliphatic carbocycles. The maximum absolute atomic E-state index is 13.0. The molecule has 0 amide bonds. The van der Waals surface area contributed by atoms with Gasteiger partial charge in [-0.05, 0) is 36.5 Å². The summed E-state index contributed by atoms with van der Waals surface area (Å²) < 4.78 is 7.71. The number of piperidine rings is 1. The lowest BCUT2D eigenvalue weighted by Crippen LogP contribution is -2.46. The van der Waals surface area contributed by atoms with Crippen molar-refractivity contribution in [2.45, 2.75) is 42.1 Å². The molecular formula is C27H32N2O3S. The highest BCUT2D eigenvalue weighted by atomic mass is 32.2. The van der Waals surface area contributed by atoms with E-state index in [1.807, 2.05) is 17.8 Å². The molecule has 0 saturated carbocycles. The molecule has 1 aromatic heterocycles. The van der Waals surface area contributed by atoms with Gasteiger partial charge in [0.15, 0.2) is 0 Å². The van der Waals surface area contributed by atoms with Crippen LogP contribution in [0.15, 0.2) is 64.4 Å². The molecule has 5 rings (SSSR count). The van der Waals surface area contributed by atoms with Gasteiger partial charge in [-0.2, -0.15) is 0 Å². The van der Waals surface area contributed by atoms with Gasteiger partial charge >= 0.3 is 5.97 Å². The Morgan fingerprint density at radius 3 is 2.61 bits per heavy atom. The van der Waals surface area contributed by atoms with Gasteiger partial charge in [0.25, 0.3) is 0 Å². The van der Waals surface area contributed by atoms with Crippen LogP contribution in [0, 0.1) is 17.8 Å². The molecule has 2 bridgehead atoms. The molecule has 0 spiro atoms. The maximum Gasteiger partial charge on any atom is 0.310 e. The number of fused-ring (bicyclic) bond motifs is 6. The lowest BCUT2D eigenvalue weighted by Gasteiger charge is -2.44. The highest BCUT2D eigenvalue weighted by molar-refractivity contribution is 7.99. The van der Waals surface area contributed by atoms with Crippen molar-refractivity contribution in [1.82, 2.24) is 9.47 Å². The number of aromatic nitrogens is 1. The zero-order valence-corrected chi connectivity index (χ0v) is 20.1. The number of rotatable bonds is 6. The maximum atomic E-state index is 13.0. The molecule has 1 fully saturated rings. The summed E-state index contributed by atoms with van der Waals surface area (Å²) in [6.07, 6.45) is 1.94. The number of hydrogen-bond acceptors (Lipinski definition) is 5. The number of carbonyl (C=O) groups is 1. The summed E-state index contributed by atoms with van der Waals surface area (Å²) in [5, 5.41) is 11.1. The number of esters is 1. The zero-order valence-electron chi connectivity index (χ0n) is 19.3. The van der Waals surface area contributed by atoms with Crippen LogP contribution >= 0.6 is 11.8 Å². The van der Waals surface area contributed by atoms with Crippen LogP contribution in [0.4, 0.5) is 0 Å². The summed E-state index contributed by atoms with van der Waals surface area (Å²) >= 11 is 1.81. The Morgan fingerprint density at radius 1 is 1.12 bits per heavy atom. The molecule has 1 N–H and O–H groups in total. The average Bonchev–Trinajstić information content (AvgIpc) is 3.06. The zero-order chi connectivity index (χ0) is 22.9. The Bertz CT molecular complexity index is 1130. The standard InChI is InChI=1S/C27H32N2O3S/c1-3-18-16-28(13-14-30)24-15-21(18)22(27(31)32-2)17-29-23-12-8-7-11-20(23)26(25(24)29)33-19-9-5-4-6-10-19/h4-12,18,21-22,24,30H,3,13-17H2,1-2H3/t18-,21+,22-,24+/m1/s1. The highest BCUT2D eigenvalue weighted by Crippen LogP contribution is 2.51. The Balaban J connectivity index is 1.72. The molecule has 4 atom stereocenters. The molecule has 33 heavy (non-hydrogen) atoms. The Hall–Kier alpha value is -2.28. The minimum atomic E-state index is -0.162. The van der Waals surface area contributed by atoms with Gasteiger partial charge in [-0.3, -0.25) is 9.69 Å². The van der Waals surface area contributed by atoms with Gasteiger partial charge in [-0.15, -0.1) is 0 Å². The van der Waals surface area contributed by atoms with E-state index in [-0.39, 0.29) is 30.5 Å². The van der Waals surface area contributed by atoms with Crippen LogP contribution in [0.2, 0.25) is 0 Å². The molecule has 0 unspecified atom stereocenters. The summed E-state index contributed by atoms with van der Waals surface area (Å²) in [6, 6.07) is 19.2.